The summed E-state index contributed by atoms with van der Waals surface area (Å²) in [5.74, 6) is -4.59. The van der Waals surface area contributed by atoms with Gasteiger partial charge in [-0.15, -0.1) is 0 Å². The molecular formula is C10H17F2NO2. The van der Waals surface area contributed by atoms with Crippen molar-refractivity contribution in [2.45, 2.75) is 50.5 Å². The molecule has 0 saturated heterocycles. The summed E-state index contributed by atoms with van der Waals surface area (Å²) in [6.45, 7) is -0.524. The maximum Gasteiger partial charge on any atom is 0.309 e. The summed E-state index contributed by atoms with van der Waals surface area (Å²) in [5, 5.41) is 11.0. The van der Waals surface area contributed by atoms with E-state index in [4.69, 9.17) is 5.11 Å². The molecule has 0 aromatic heterocycles. The van der Waals surface area contributed by atoms with Crippen LogP contribution in [0.4, 0.5) is 8.78 Å². The maximum absolute atomic E-state index is 13.0. The van der Waals surface area contributed by atoms with Crippen LogP contribution in [0.3, 0.4) is 0 Å². The molecule has 5 heteroatoms. The van der Waals surface area contributed by atoms with E-state index in [-0.39, 0.29) is 6.04 Å². The van der Waals surface area contributed by atoms with Crippen molar-refractivity contribution >= 4 is 5.97 Å². The fourth-order valence-electron chi connectivity index (χ4n) is 1.88. The minimum atomic E-state index is -3.14. The SMILES string of the molecule is O=C(O)CC(F)(F)CNC1CCCCC1. The number of nitrogens with one attached hydrogen (secondary N) is 1. The van der Waals surface area contributed by atoms with Crippen molar-refractivity contribution in [3.8, 4) is 0 Å². The minimum absolute atomic E-state index is 0.137. The highest BCUT2D eigenvalue weighted by molar-refractivity contribution is 5.67. The van der Waals surface area contributed by atoms with Gasteiger partial charge in [0.05, 0.1) is 6.54 Å². The van der Waals surface area contributed by atoms with Crippen molar-refractivity contribution in [1.29, 1.82) is 0 Å². The summed E-state index contributed by atoms with van der Waals surface area (Å²) in [7, 11) is 0. The molecule has 88 valence electrons. The molecule has 0 amide bonds. The van der Waals surface area contributed by atoms with Gasteiger partial charge in [0, 0.05) is 6.04 Å². The summed E-state index contributed by atoms with van der Waals surface area (Å²) in [6.07, 6.45) is 4.06. The number of carboxylic acid groups (broad SMARTS) is 1. The summed E-state index contributed by atoms with van der Waals surface area (Å²) >= 11 is 0. The van der Waals surface area contributed by atoms with Crippen molar-refractivity contribution in [2.24, 2.45) is 0 Å². The molecule has 0 aromatic carbocycles. The van der Waals surface area contributed by atoms with Gasteiger partial charge in [0.25, 0.3) is 5.92 Å². The third-order valence-corrected chi connectivity index (χ3v) is 2.66. The van der Waals surface area contributed by atoms with Gasteiger partial charge in [-0.1, -0.05) is 19.3 Å². The van der Waals surface area contributed by atoms with Crippen LogP contribution in [-0.4, -0.2) is 29.6 Å². The number of carbonyl (C=O) groups is 1. The smallest absolute Gasteiger partial charge is 0.309 e. The third-order valence-electron chi connectivity index (χ3n) is 2.66. The Hall–Kier alpha value is -0.710. The zero-order chi connectivity index (χ0) is 11.3. The van der Waals surface area contributed by atoms with E-state index in [1.54, 1.807) is 0 Å². The Kier molecular flexibility index (Phi) is 4.45. The lowest BCUT2D eigenvalue weighted by molar-refractivity contribution is -0.144. The fraction of sp³-hybridized carbons (Fsp3) is 0.900. The van der Waals surface area contributed by atoms with Crippen LogP contribution >= 0.6 is 0 Å². The van der Waals surface area contributed by atoms with E-state index in [2.05, 4.69) is 5.32 Å². The quantitative estimate of drug-likeness (QED) is 0.746. The lowest BCUT2D eigenvalue weighted by atomic mass is 9.95. The monoisotopic (exact) mass is 221 g/mol. The van der Waals surface area contributed by atoms with Crippen molar-refractivity contribution in [3.63, 3.8) is 0 Å². The number of hydrogen-bond donors (Lipinski definition) is 2. The number of aliphatic carboxylic acids is 1. The Morgan fingerprint density at radius 1 is 1.33 bits per heavy atom. The molecule has 2 N–H and O–H groups in total. The molecule has 1 rings (SSSR count). The predicted molar refractivity (Wildman–Crippen MR) is 52.1 cm³/mol. The first-order valence-electron chi connectivity index (χ1n) is 5.33. The lowest BCUT2D eigenvalue weighted by Gasteiger charge is -2.25. The average Bonchev–Trinajstić information content (AvgIpc) is 2.15. The normalized spacial score (nSPS) is 19.1. The van der Waals surface area contributed by atoms with E-state index in [9.17, 15) is 13.6 Å². The van der Waals surface area contributed by atoms with Crippen LogP contribution in [0.2, 0.25) is 0 Å². The molecule has 15 heavy (non-hydrogen) atoms. The van der Waals surface area contributed by atoms with E-state index >= 15 is 0 Å². The standard InChI is InChI=1S/C10H17F2NO2/c11-10(12,6-9(14)15)7-13-8-4-2-1-3-5-8/h8,13H,1-7H2,(H,14,15). The van der Waals surface area contributed by atoms with Gasteiger partial charge in [-0.3, -0.25) is 4.79 Å². The first kappa shape index (κ1) is 12.4. The highest BCUT2D eigenvalue weighted by Gasteiger charge is 2.32. The van der Waals surface area contributed by atoms with Crippen LogP contribution < -0.4 is 5.32 Å². The van der Waals surface area contributed by atoms with Gasteiger partial charge in [-0.05, 0) is 12.8 Å². The second kappa shape index (κ2) is 5.39. The first-order chi connectivity index (χ1) is 6.99. The van der Waals surface area contributed by atoms with Gasteiger partial charge in [0.15, 0.2) is 0 Å². The number of rotatable bonds is 5. The van der Waals surface area contributed by atoms with Gasteiger partial charge in [-0.2, -0.15) is 0 Å². The molecule has 1 aliphatic carbocycles. The molecule has 0 atom stereocenters. The van der Waals surface area contributed by atoms with E-state index in [0.717, 1.165) is 25.7 Å². The van der Waals surface area contributed by atoms with Crippen LogP contribution in [0.15, 0.2) is 0 Å². The van der Waals surface area contributed by atoms with Gasteiger partial charge < -0.3 is 10.4 Å². The summed E-state index contributed by atoms with van der Waals surface area (Å²) in [4.78, 5) is 10.2. The topological polar surface area (TPSA) is 49.3 Å². The second-order valence-electron chi connectivity index (χ2n) is 4.14. The molecule has 0 radical (unpaired) electrons. The highest BCUT2D eigenvalue weighted by Crippen LogP contribution is 2.21. The Bertz CT molecular complexity index is 215. The Morgan fingerprint density at radius 2 is 1.93 bits per heavy atom. The summed E-state index contributed by atoms with van der Waals surface area (Å²) < 4.78 is 26.0. The largest absolute Gasteiger partial charge is 0.481 e. The van der Waals surface area contributed by atoms with Gasteiger partial charge >= 0.3 is 5.97 Å². The van der Waals surface area contributed by atoms with Crippen LogP contribution in [0.25, 0.3) is 0 Å². The molecule has 0 unspecified atom stereocenters. The molecule has 0 spiro atoms. The van der Waals surface area contributed by atoms with Gasteiger partial charge in [0.1, 0.15) is 6.42 Å². The first-order valence-corrected chi connectivity index (χ1v) is 5.33. The third kappa shape index (κ3) is 5.06. The highest BCUT2D eigenvalue weighted by atomic mass is 19.3. The molecule has 1 aliphatic rings. The Balaban J connectivity index is 2.24. The molecular weight excluding hydrogens is 204 g/mol. The molecule has 0 heterocycles. The van der Waals surface area contributed by atoms with Crippen LogP contribution in [0, 0.1) is 0 Å². The average molecular weight is 221 g/mol. The fourth-order valence-corrected chi connectivity index (χ4v) is 1.88. The number of alkyl halides is 2. The van der Waals surface area contributed by atoms with Crippen LogP contribution in [0.5, 0.6) is 0 Å². The van der Waals surface area contributed by atoms with E-state index < -0.39 is 24.9 Å². The number of carboxylic acids is 1. The zero-order valence-corrected chi connectivity index (χ0v) is 8.64. The molecule has 0 bridgehead atoms. The van der Waals surface area contributed by atoms with Gasteiger partial charge in [0.2, 0.25) is 0 Å². The van der Waals surface area contributed by atoms with Crippen LogP contribution in [-0.2, 0) is 4.79 Å². The Labute approximate surface area is 87.9 Å². The van der Waals surface area contributed by atoms with E-state index in [0.29, 0.717) is 0 Å². The Morgan fingerprint density at radius 3 is 2.47 bits per heavy atom. The number of hydrogen-bond acceptors (Lipinski definition) is 2. The zero-order valence-electron chi connectivity index (χ0n) is 8.64. The molecule has 0 aromatic rings. The van der Waals surface area contributed by atoms with Crippen molar-refractivity contribution in [2.75, 3.05) is 6.54 Å². The minimum Gasteiger partial charge on any atom is -0.481 e. The van der Waals surface area contributed by atoms with E-state index in [1.807, 2.05) is 0 Å². The molecule has 0 aliphatic heterocycles. The number of halogens is 2. The van der Waals surface area contributed by atoms with Gasteiger partial charge in [-0.25, -0.2) is 8.78 Å². The van der Waals surface area contributed by atoms with Crippen molar-refractivity contribution in [1.82, 2.24) is 5.32 Å². The molecule has 1 saturated carbocycles. The van der Waals surface area contributed by atoms with E-state index in [1.165, 1.54) is 6.42 Å². The summed E-state index contributed by atoms with van der Waals surface area (Å²) in [6, 6.07) is 0.137. The lowest BCUT2D eigenvalue weighted by Crippen LogP contribution is -2.41. The van der Waals surface area contributed by atoms with Crippen molar-refractivity contribution < 1.29 is 18.7 Å². The molecule has 1 fully saturated rings. The predicted octanol–water partition coefficient (Wildman–Crippen LogP) is 2.02. The van der Waals surface area contributed by atoms with Crippen molar-refractivity contribution in [3.05, 3.63) is 0 Å². The van der Waals surface area contributed by atoms with Crippen LogP contribution in [0.1, 0.15) is 38.5 Å². The maximum atomic E-state index is 13.0. The second-order valence-corrected chi connectivity index (χ2v) is 4.14. The summed E-state index contributed by atoms with van der Waals surface area (Å²) in [5.41, 5.74) is 0. The molecule has 3 nitrogen and oxygen atoms in total.